The summed E-state index contributed by atoms with van der Waals surface area (Å²) in [5.41, 5.74) is 0. The summed E-state index contributed by atoms with van der Waals surface area (Å²) in [5.74, 6) is -1.07. The molecule has 0 fully saturated rings. The molecule has 0 N–H and O–H groups in total. The summed E-state index contributed by atoms with van der Waals surface area (Å²) >= 11 is 0. The molecule has 62 heavy (non-hydrogen) atoms. The minimum Gasteiger partial charge on any atom is -0.462 e. The summed E-state index contributed by atoms with van der Waals surface area (Å²) in [6, 6.07) is 0. The van der Waals surface area contributed by atoms with Crippen molar-refractivity contribution in [3.05, 3.63) is 146 Å². The second-order valence-corrected chi connectivity index (χ2v) is 15.0. The number of rotatable bonds is 40. The SMILES string of the molecule is CC\C=C/C=C\C=C/C=C\C=C/CCCC(=O)OC(COC(=O)CCCCC/C=C\C/C=C\C/C=C\C/C=C\C/C=C\CC)COC(=O)CCCCCCC/C=C\C/C=C\CC. The van der Waals surface area contributed by atoms with Gasteiger partial charge in [0.05, 0.1) is 0 Å². The first-order chi connectivity index (χ1) is 30.5. The van der Waals surface area contributed by atoms with Crippen LogP contribution in [0.4, 0.5) is 0 Å². The molecule has 0 aliphatic heterocycles. The van der Waals surface area contributed by atoms with E-state index in [2.05, 4.69) is 112 Å². The Labute approximate surface area is 378 Å². The maximum atomic E-state index is 12.7. The van der Waals surface area contributed by atoms with Crippen LogP contribution in [0.15, 0.2) is 146 Å². The number of ether oxygens (including phenoxy) is 3. The zero-order valence-electron chi connectivity index (χ0n) is 39.1. The Hall–Kier alpha value is -4.71. The molecule has 0 rings (SSSR count). The van der Waals surface area contributed by atoms with Gasteiger partial charge in [0, 0.05) is 19.3 Å². The Bertz CT molecular complexity index is 1440. The van der Waals surface area contributed by atoms with Gasteiger partial charge in [-0.3, -0.25) is 14.4 Å². The number of esters is 3. The predicted octanol–water partition coefficient (Wildman–Crippen LogP) is 15.7. The van der Waals surface area contributed by atoms with E-state index in [1.165, 1.54) is 0 Å². The van der Waals surface area contributed by atoms with Crippen LogP contribution >= 0.6 is 0 Å². The van der Waals surface area contributed by atoms with Crippen molar-refractivity contribution in [1.82, 2.24) is 0 Å². The monoisotopic (exact) mass is 853 g/mol. The summed E-state index contributed by atoms with van der Waals surface area (Å²) in [6.45, 7) is 6.12. The van der Waals surface area contributed by atoms with Gasteiger partial charge in [-0.1, -0.05) is 192 Å². The lowest BCUT2D eigenvalue weighted by molar-refractivity contribution is -0.167. The molecular formula is C56H84O6. The Kier molecular flexibility index (Phi) is 45.2. The van der Waals surface area contributed by atoms with Crippen LogP contribution in [0, 0.1) is 0 Å². The lowest BCUT2D eigenvalue weighted by Gasteiger charge is -2.18. The standard InChI is InChI=1S/C56H84O6/c1-4-7-10-13-16-19-22-25-26-27-28-29-30-32-34-37-40-43-46-49-55(58)61-52-53(51-60-54(57)48-45-42-39-36-33-24-21-18-15-12-9-6-3)62-56(59)50-47-44-41-38-35-31-23-20-17-14-11-8-5-2/h7-12,14,16-21,23,25-26,28-29,31-32,34-35,38,41,53H,4-6,13,15,22,24,27,30,33,36-37,39-40,42-52H2,1-3H3/b10-7-,11-8-,12-9-,17-14-,19-16-,21-18-,23-20-,26-25-,29-28-,34-32-,35-31-,41-38-. The molecule has 0 aliphatic rings. The third kappa shape index (κ3) is 46.4. The van der Waals surface area contributed by atoms with Crippen molar-refractivity contribution in [2.75, 3.05) is 13.2 Å². The Morgan fingerprint density at radius 3 is 1.15 bits per heavy atom. The lowest BCUT2D eigenvalue weighted by Crippen LogP contribution is -2.30. The molecular weight excluding hydrogens is 769 g/mol. The summed E-state index contributed by atoms with van der Waals surface area (Å²) in [5, 5.41) is 0. The summed E-state index contributed by atoms with van der Waals surface area (Å²) < 4.78 is 16.6. The summed E-state index contributed by atoms with van der Waals surface area (Å²) in [6.07, 6.45) is 69.8. The van der Waals surface area contributed by atoms with Gasteiger partial charge in [-0.15, -0.1) is 0 Å². The molecule has 0 aromatic heterocycles. The number of hydrogen-bond acceptors (Lipinski definition) is 6. The zero-order valence-corrected chi connectivity index (χ0v) is 39.1. The molecule has 6 heteroatoms. The molecule has 0 amide bonds. The van der Waals surface area contributed by atoms with Crippen LogP contribution in [-0.2, 0) is 28.6 Å². The largest absolute Gasteiger partial charge is 0.462 e. The highest BCUT2D eigenvalue weighted by Gasteiger charge is 2.19. The van der Waals surface area contributed by atoms with Crippen LogP contribution in [0.3, 0.4) is 0 Å². The van der Waals surface area contributed by atoms with Crippen LogP contribution in [0.2, 0.25) is 0 Å². The predicted molar refractivity (Wildman–Crippen MR) is 265 cm³/mol. The van der Waals surface area contributed by atoms with Gasteiger partial charge in [-0.05, 0) is 103 Å². The molecule has 0 aromatic carbocycles. The van der Waals surface area contributed by atoms with Gasteiger partial charge >= 0.3 is 17.9 Å². The first-order valence-electron chi connectivity index (χ1n) is 23.9. The van der Waals surface area contributed by atoms with E-state index < -0.39 is 12.1 Å². The van der Waals surface area contributed by atoms with Crippen molar-refractivity contribution >= 4 is 17.9 Å². The quantitative estimate of drug-likeness (QED) is 0.0201. The van der Waals surface area contributed by atoms with E-state index in [1.807, 2.05) is 54.7 Å². The highest BCUT2D eigenvalue weighted by Crippen LogP contribution is 2.11. The van der Waals surface area contributed by atoms with Crippen LogP contribution < -0.4 is 0 Å². The van der Waals surface area contributed by atoms with Crippen LogP contribution in [0.5, 0.6) is 0 Å². The van der Waals surface area contributed by atoms with E-state index in [0.29, 0.717) is 25.7 Å². The Morgan fingerprint density at radius 1 is 0.339 bits per heavy atom. The van der Waals surface area contributed by atoms with Crippen molar-refractivity contribution in [1.29, 1.82) is 0 Å². The van der Waals surface area contributed by atoms with Crippen LogP contribution in [-0.4, -0.2) is 37.2 Å². The normalized spacial score (nSPS) is 13.4. The van der Waals surface area contributed by atoms with Gasteiger partial charge in [-0.25, -0.2) is 0 Å². The van der Waals surface area contributed by atoms with E-state index in [-0.39, 0.29) is 31.6 Å². The molecule has 0 saturated carbocycles. The second kappa shape index (κ2) is 49.0. The maximum absolute atomic E-state index is 12.7. The summed E-state index contributed by atoms with van der Waals surface area (Å²) in [4.78, 5) is 37.8. The molecule has 0 radical (unpaired) electrons. The van der Waals surface area contributed by atoms with Crippen molar-refractivity contribution < 1.29 is 28.6 Å². The first kappa shape index (κ1) is 57.3. The maximum Gasteiger partial charge on any atom is 0.306 e. The molecule has 0 aliphatic carbocycles. The lowest BCUT2D eigenvalue weighted by atomic mass is 10.1. The molecule has 1 atom stereocenters. The van der Waals surface area contributed by atoms with Gasteiger partial charge < -0.3 is 14.2 Å². The van der Waals surface area contributed by atoms with E-state index in [4.69, 9.17) is 14.2 Å². The average molecular weight is 853 g/mol. The van der Waals surface area contributed by atoms with E-state index in [1.54, 1.807) is 0 Å². The number of carbonyl (C=O) groups is 3. The fraction of sp³-hybridized carbons (Fsp3) is 0.518. The van der Waals surface area contributed by atoms with Crippen molar-refractivity contribution in [3.8, 4) is 0 Å². The molecule has 344 valence electrons. The van der Waals surface area contributed by atoms with Crippen molar-refractivity contribution in [3.63, 3.8) is 0 Å². The van der Waals surface area contributed by atoms with E-state index >= 15 is 0 Å². The third-order valence-corrected chi connectivity index (χ3v) is 9.20. The van der Waals surface area contributed by atoms with Gasteiger partial charge in [0.1, 0.15) is 13.2 Å². The van der Waals surface area contributed by atoms with Gasteiger partial charge in [0.2, 0.25) is 0 Å². The van der Waals surface area contributed by atoms with Crippen LogP contribution in [0.25, 0.3) is 0 Å². The Balaban J connectivity index is 4.58. The molecule has 0 aromatic rings. The van der Waals surface area contributed by atoms with E-state index in [9.17, 15) is 14.4 Å². The zero-order chi connectivity index (χ0) is 45.1. The number of allylic oxidation sites excluding steroid dienone is 24. The molecule has 0 heterocycles. The number of unbranched alkanes of at least 4 members (excludes halogenated alkanes) is 9. The number of carbonyl (C=O) groups excluding carboxylic acids is 3. The molecule has 0 bridgehead atoms. The smallest absolute Gasteiger partial charge is 0.306 e. The Morgan fingerprint density at radius 2 is 0.677 bits per heavy atom. The highest BCUT2D eigenvalue weighted by atomic mass is 16.6. The molecule has 0 spiro atoms. The molecule has 6 nitrogen and oxygen atoms in total. The van der Waals surface area contributed by atoms with Gasteiger partial charge in [0.25, 0.3) is 0 Å². The van der Waals surface area contributed by atoms with E-state index in [0.717, 1.165) is 116 Å². The second-order valence-electron chi connectivity index (χ2n) is 15.0. The van der Waals surface area contributed by atoms with Crippen molar-refractivity contribution in [2.24, 2.45) is 0 Å². The minimum absolute atomic E-state index is 0.132. The molecule has 0 saturated heterocycles. The molecule has 1 unspecified atom stereocenters. The van der Waals surface area contributed by atoms with Crippen LogP contribution in [0.1, 0.15) is 168 Å². The fourth-order valence-electron chi connectivity index (χ4n) is 5.71. The fourth-order valence-corrected chi connectivity index (χ4v) is 5.71. The topological polar surface area (TPSA) is 78.9 Å². The number of hydrogen-bond donors (Lipinski definition) is 0. The van der Waals surface area contributed by atoms with Gasteiger partial charge in [-0.2, -0.15) is 0 Å². The van der Waals surface area contributed by atoms with Crippen molar-refractivity contribution in [2.45, 2.75) is 175 Å². The van der Waals surface area contributed by atoms with Gasteiger partial charge in [0.15, 0.2) is 6.10 Å². The average Bonchev–Trinajstić information content (AvgIpc) is 3.27. The minimum atomic E-state index is -0.840. The highest BCUT2D eigenvalue weighted by molar-refractivity contribution is 5.71. The summed E-state index contributed by atoms with van der Waals surface area (Å²) in [7, 11) is 0. The third-order valence-electron chi connectivity index (χ3n) is 9.20. The first-order valence-corrected chi connectivity index (χ1v) is 23.9.